The Balaban J connectivity index is 2.00. The topological polar surface area (TPSA) is 52.6 Å². The molecule has 1 aliphatic heterocycles. The molecule has 7 heteroatoms. The van der Waals surface area contributed by atoms with Crippen LogP contribution in [0.2, 0.25) is 0 Å². The standard InChI is InChI=1S/C15H19F3N2O2/c1-14(22,15(16,17)18)10-19-13(21)12-8-5-9-20(12)11-6-3-2-4-7-11/h2-4,6-7,12,22H,5,8-10H2,1H3,(H,19,21). The minimum Gasteiger partial charge on any atom is -0.379 e. The second-order valence-corrected chi connectivity index (χ2v) is 5.68. The molecule has 2 atom stereocenters. The fourth-order valence-electron chi connectivity index (χ4n) is 2.45. The molecule has 0 radical (unpaired) electrons. The van der Waals surface area contributed by atoms with E-state index in [4.69, 9.17) is 0 Å². The highest BCUT2D eigenvalue weighted by Gasteiger charge is 2.50. The van der Waals surface area contributed by atoms with E-state index < -0.39 is 30.3 Å². The molecule has 2 N–H and O–H groups in total. The molecule has 0 saturated carbocycles. The van der Waals surface area contributed by atoms with E-state index >= 15 is 0 Å². The van der Waals surface area contributed by atoms with Crippen LogP contribution in [-0.2, 0) is 4.79 Å². The maximum Gasteiger partial charge on any atom is 0.418 e. The number of para-hydroxylation sites is 1. The number of hydrogen-bond donors (Lipinski definition) is 2. The molecule has 2 unspecified atom stereocenters. The maximum atomic E-state index is 12.6. The van der Waals surface area contributed by atoms with Gasteiger partial charge in [-0.1, -0.05) is 18.2 Å². The lowest BCUT2D eigenvalue weighted by molar-refractivity contribution is -0.250. The van der Waals surface area contributed by atoms with Crippen molar-refractivity contribution in [2.45, 2.75) is 37.6 Å². The third kappa shape index (κ3) is 3.52. The number of carbonyl (C=O) groups excluding carboxylic acids is 1. The first-order chi connectivity index (χ1) is 10.2. The zero-order valence-electron chi connectivity index (χ0n) is 12.2. The number of aliphatic hydroxyl groups is 1. The van der Waals surface area contributed by atoms with Crippen LogP contribution in [0.1, 0.15) is 19.8 Å². The number of anilines is 1. The van der Waals surface area contributed by atoms with E-state index in [2.05, 4.69) is 5.32 Å². The number of nitrogens with one attached hydrogen (secondary N) is 1. The summed E-state index contributed by atoms with van der Waals surface area (Å²) in [5.41, 5.74) is -2.07. The van der Waals surface area contributed by atoms with E-state index in [0.717, 1.165) is 12.1 Å². The number of hydrogen-bond acceptors (Lipinski definition) is 3. The summed E-state index contributed by atoms with van der Waals surface area (Å²) in [7, 11) is 0. The SMILES string of the molecule is CC(O)(CNC(=O)C1CCCN1c1ccccc1)C(F)(F)F. The Kier molecular flexibility index (Phi) is 4.65. The summed E-state index contributed by atoms with van der Waals surface area (Å²) in [6.07, 6.45) is -3.41. The van der Waals surface area contributed by atoms with Crippen molar-refractivity contribution >= 4 is 11.6 Å². The minimum atomic E-state index is -4.78. The van der Waals surface area contributed by atoms with Crippen molar-refractivity contribution in [3.05, 3.63) is 30.3 Å². The summed E-state index contributed by atoms with van der Waals surface area (Å²) in [6.45, 7) is 0.475. The van der Waals surface area contributed by atoms with Crippen molar-refractivity contribution in [3.8, 4) is 0 Å². The van der Waals surface area contributed by atoms with Crippen molar-refractivity contribution in [2.75, 3.05) is 18.0 Å². The average molecular weight is 316 g/mol. The predicted octanol–water partition coefficient (Wildman–Crippen LogP) is 2.08. The van der Waals surface area contributed by atoms with E-state index in [0.29, 0.717) is 19.9 Å². The molecular formula is C15H19F3N2O2. The van der Waals surface area contributed by atoms with E-state index in [1.807, 2.05) is 35.2 Å². The number of halogens is 3. The Morgan fingerprint density at radius 3 is 2.59 bits per heavy atom. The molecule has 1 saturated heterocycles. The Labute approximate surface area is 126 Å². The molecule has 4 nitrogen and oxygen atoms in total. The summed E-state index contributed by atoms with van der Waals surface area (Å²) in [5, 5.41) is 11.6. The van der Waals surface area contributed by atoms with Crippen LogP contribution in [0.5, 0.6) is 0 Å². The zero-order chi connectivity index (χ0) is 16.4. The van der Waals surface area contributed by atoms with Gasteiger partial charge in [-0.25, -0.2) is 0 Å². The molecule has 1 aromatic carbocycles. The summed E-state index contributed by atoms with van der Waals surface area (Å²) in [5.74, 6) is -0.495. The molecular weight excluding hydrogens is 297 g/mol. The summed E-state index contributed by atoms with van der Waals surface area (Å²) in [4.78, 5) is 14.0. The quantitative estimate of drug-likeness (QED) is 0.894. The van der Waals surface area contributed by atoms with Gasteiger partial charge in [-0.3, -0.25) is 4.79 Å². The van der Waals surface area contributed by atoms with Gasteiger partial charge in [0.25, 0.3) is 0 Å². The van der Waals surface area contributed by atoms with Crippen LogP contribution in [-0.4, -0.2) is 41.9 Å². The molecule has 1 aliphatic rings. The number of amides is 1. The van der Waals surface area contributed by atoms with Crippen molar-refractivity contribution in [2.24, 2.45) is 0 Å². The summed E-state index contributed by atoms with van der Waals surface area (Å²) >= 11 is 0. The summed E-state index contributed by atoms with van der Waals surface area (Å²) < 4.78 is 37.8. The van der Waals surface area contributed by atoms with E-state index in [1.54, 1.807) is 0 Å². The second-order valence-electron chi connectivity index (χ2n) is 5.68. The van der Waals surface area contributed by atoms with Gasteiger partial charge in [0.1, 0.15) is 6.04 Å². The monoisotopic (exact) mass is 316 g/mol. The third-order valence-corrected chi connectivity index (χ3v) is 3.86. The maximum absolute atomic E-state index is 12.6. The molecule has 0 bridgehead atoms. The molecule has 1 fully saturated rings. The van der Waals surface area contributed by atoms with Crippen LogP contribution in [0.3, 0.4) is 0 Å². The lowest BCUT2D eigenvalue weighted by atomic mass is 10.1. The molecule has 0 aliphatic carbocycles. The fourth-order valence-corrected chi connectivity index (χ4v) is 2.45. The molecule has 0 spiro atoms. The Morgan fingerprint density at radius 2 is 2.00 bits per heavy atom. The van der Waals surface area contributed by atoms with E-state index in [-0.39, 0.29) is 0 Å². The highest BCUT2D eigenvalue weighted by molar-refractivity contribution is 5.85. The fraction of sp³-hybridized carbons (Fsp3) is 0.533. The first-order valence-corrected chi connectivity index (χ1v) is 7.11. The van der Waals surface area contributed by atoms with Gasteiger partial charge in [-0.2, -0.15) is 13.2 Å². The van der Waals surface area contributed by atoms with Gasteiger partial charge in [0.05, 0.1) is 6.54 Å². The van der Waals surface area contributed by atoms with Gasteiger partial charge in [-0.15, -0.1) is 0 Å². The molecule has 2 rings (SSSR count). The van der Waals surface area contributed by atoms with Gasteiger partial charge in [0.2, 0.25) is 5.91 Å². The molecule has 1 aromatic rings. The third-order valence-electron chi connectivity index (χ3n) is 3.86. The van der Waals surface area contributed by atoms with Gasteiger partial charge >= 0.3 is 6.18 Å². The molecule has 1 heterocycles. The van der Waals surface area contributed by atoms with Crippen LogP contribution in [0, 0.1) is 0 Å². The van der Waals surface area contributed by atoms with Crippen molar-refractivity contribution in [1.29, 1.82) is 0 Å². The van der Waals surface area contributed by atoms with Crippen molar-refractivity contribution in [1.82, 2.24) is 5.32 Å². The Bertz CT molecular complexity index is 517. The van der Waals surface area contributed by atoms with Gasteiger partial charge < -0.3 is 15.3 Å². The van der Waals surface area contributed by atoms with Gasteiger partial charge in [0, 0.05) is 12.2 Å². The highest BCUT2D eigenvalue weighted by atomic mass is 19.4. The van der Waals surface area contributed by atoms with Crippen LogP contribution in [0.4, 0.5) is 18.9 Å². The molecule has 22 heavy (non-hydrogen) atoms. The van der Waals surface area contributed by atoms with Crippen LogP contribution in [0.25, 0.3) is 0 Å². The molecule has 0 aromatic heterocycles. The number of nitrogens with zero attached hydrogens (tertiary/aromatic N) is 1. The first-order valence-electron chi connectivity index (χ1n) is 7.11. The number of carbonyl (C=O) groups is 1. The first kappa shape index (κ1) is 16.6. The second kappa shape index (κ2) is 6.16. The lowest BCUT2D eigenvalue weighted by Gasteiger charge is -2.29. The van der Waals surface area contributed by atoms with E-state index in [9.17, 15) is 23.1 Å². The lowest BCUT2D eigenvalue weighted by Crippen LogP contribution is -2.54. The Hall–Kier alpha value is -1.76. The van der Waals surface area contributed by atoms with Gasteiger partial charge in [0.15, 0.2) is 5.60 Å². The summed E-state index contributed by atoms with van der Waals surface area (Å²) in [6, 6.07) is 8.75. The number of rotatable bonds is 4. The van der Waals surface area contributed by atoms with Crippen LogP contribution < -0.4 is 10.2 Å². The Morgan fingerprint density at radius 1 is 1.36 bits per heavy atom. The zero-order valence-corrected chi connectivity index (χ0v) is 12.2. The van der Waals surface area contributed by atoms with Gasteiger partial charge in [-0.05, 0) is 31.9 Å². The van der Waals surface area contributed by atoms with Crippen molar-refractivity contribution < 1.29 is 23.1 Å². The van der Waals surface area contributed by atoms with Crippen LogP contribution in [0.15, 0.2) is 30.3 Å². The number of benzene rings is 1. The van der Waals surface area contributed by atoms with Crippen molar-refractivity contribution in [3.63, 3.8) is 0 Å². The highest BCUT2D eigenvalue weighted by Crippen LogP contribution is 2.30. The smallest absolute Gasteiger partial charge is 0.379 e. The van der Waals surface area contributed by atoms with E-state index in [1.165, 1.54) is 0 Å². The normalized spacial score (nSPS) is 21.5. The predicted molar refractivity (Wildman–Crippen MR) is 76.5 cm³/mol. The van der Waals surface area contributed by atoms with Crippen LogP contribution >= 0.6 is 0 Å². The molecule has 1 amide bonds. The largest absolute Gasteiger partial charge is 0.418 e. The average Bonchev–Trinajstić information content (AvgIpc) is 2.94. The minimum absolute atomic E-state index is 0.495. The number of alkyl halides is 3. The molecule has 122 valence electrons.